The number of methoxy groups -OCH3 is 1. The summed E-state index contributed by atoms with van der Waals surface area (Å²) in [5, 5.41) is 3.90. The molecule has 0 bridgehead atoms. The van der Waals surface area contributed by atoms with Crippen molar-refractivity contribution in [2.24, 2.45) is 0 Å². The first-order valence-electron chi connectivity index (χ1n) is 5.92. The summed E-state index contributed by atoms with van der Waals surface area (Å²) < 4.78 is 4.87. The van der Waals surface area contributed by atoms with Gasteiger partial charge in [0.1, 0.15) is 0 Å². The molecular weight excluding hydrogens is 250 g/mol. The second-order valence-corrected chi connectivity index (χ2v) is 4.73. The molecule has 0 aromatic heterocycles. The average molecular weight is 266 g/mol. The molecule has 0 aliphatic carbocycles. The quantitative estimate of drug-likeness (QED) is 0.836. The van der Waals surface area contributed by atoms with E-state index in [-0.39, 0.29) is 11.9 Å². The second-order valence-electron chi connectivity index (χ2n) is 4.32. The van der Waals surface area contributed by atoms with Crippen LogP contribution in [0.4, 0.5) is 0 Å². The lowest BCUT2D eigenvalue weighted by molar-refractivity contribution is -0.136. The molecule has 1 aliphatic heterocycles. The minimum Gasteiger partial charge on any atom is -0.466 e. The van der Waals surface area contributed by atoms with Crippen LogP contribution in [0.1, 0.15) is 24.8 Å². The lowest BCUT2D eigenvalue weighted by Gasteiger charge is -2.27. The third-order valence-corrected chi connectivity index (χ3v) is 3.61. The Morgan fingerprint density at radius 2 is 2.17 bits per heavy atom. The van der Waals surface area contributed by atoms with Gasteiger partial charge in [-0.25, -0.2) is 4.79 Å². The van der Waals surface area contributed by atoms with E-state index in [0.717, 1.165) is 24.2 Å². The average Bonchev–Trinajstić information content (AvgIpc) is 2.38. The van der Waals surface area contributed by atoms with E-state index < -0.39 is 0 Å². The summed E-state index contributed by atoms with van der Waals surface area (Å²) in [6.07, 6.45) is 0.839. The number of esters is 1. The Hall–Kier alpha value is -1.48. The minimum atomic E-state index is -0.287. The van der Waals surface area contributed by atoms with E-state index in [9.17, 15) is 4.79 Å². The van der Waals surface area contributed by atoms with Crippen molar-refractivity contribution in [2.75, 3.05) is 13.7 Å². The first-order chi connectivity index (χ1) is 8.65. The summed E-state index contributed by atoms with van der Waals surface area (Å²) >= 11 is 6.22. The van der Waals surface area contributed by atoms with E-state index in [2.05, 4.69) is 5.32 Å². The van der Waals surface area contributed by atoms with Crippen LogP contribution in [0.3, 0.4) is 0 Å². The second kappa shape index (κ2) is 5.44. The number of carbonyl (C=O) groups is 1. The molecular formula is C14H16ClNO2. The molecule has 4 heteroatoms. The Bertz CT molecular complexity index is 496. The molecule has 1 aliphatic rings. The predicted octanol–water partition coefficient (Wildman–Crippen LogP) is 2.86. The van der Waals surface area contributed by atoms with Gasteiger partial charge < -0.3 is 10.1 Å². The Kier molecular flexibility index (Phi) is 3.92. The Balaban J connectivity index is 2.46. The smallest absolute Gasteiger partial charge is 0.336 e. The van der Waals surface area contributed by atoms with E-state index in [4.69, 9.17) is 16.3 Å². The molecule has 1 heterocycles. The van der Waals surface area contributed by atoms with Crippen molar-refractivity contribution in [2.45, 2.75) is 19.3 Å². The number of hydrogen-bond donors (Lipinski definition) is 1. The van der Waals surface area contributed by atoms with Crippen molar-refractivity contribution in [1.29, 1.82) is 0 Å². The van der Waals surface area contributed by atoms with E-state index in [1.807, 2.05) is 31.2 Å². The number of halogens is 1. The fraction of sp³-hybridized carbons (Fsp3) is 0.357. The molecule has 0 saturated heterocycles. The third-order valence-electron chi connectivity index (χ3n) is 3.26. The first-order valence-corrected chi connectivity index (χ1v) is 6.30. The summed E-state index contributed by atoms with van der Waals surface area (Å²) in [5.74, 6) is -0.281. The van der Waals surface area contributed by atoms with Gasteiger partial charge >= 0.3 is 5.97 Å². The van der Waals surface area contributed by atoms with Crippen molar-refractivity contribution < 1.29 is 9.53 Å². The van der Waals surface area contributed by atoms with Crippen LogP contribution < -0.4 is 5.32 Å². The van der Waals surface area contributed by atoms with Crippen LogP contribution in [-0.4, -0.2) is 19.6 Å². The standard InChI is InChI=1S/C14H16ClNO2/c1-9-13(14(17)18-2)11(7-8-16-9)10-5-3-4-6-12(10)15/h3-6,11,16H,7-8H2,1-2H3. The molecule has 96 valence electrons. The molecule has 2 rings (SSSR count). The molecule has 1 aromatic rings. The number of hydrogen-bond acceptors (Lipinski definition) is 3. The Morgan fingerprint density at radius 1 is 1.44 bits per heavy atom. The van der Waals surface area contributed by atoms with E-state index in [1.54, 1.807) is 0 Å². The van der Waals surface area contributed by atoms with Crippen LogP contribution in [0.25, 0.3) is 0 Å². The normalized spacial score (nSPS) is 19.4. The van der Waals surface area contributed by atoms with E-state index in [0.29, 0.717) is 10.6 Å². The lowest BCUT2D eigenvalue weighted by atomic mass is 9.85. The van der Waals surface area contributed by atoms with Crippen molar-refractivity contribution in [3.8, 4) is 0 Å². The van der Waals surface area contributed by atoms with Crippen LogP contribution in [0, 0.1) is 0 Å². The molecule has 0 fully saturated rings. The zero-order valence-corrected chi connectivity index (χ0v) is 11.3. The molecule has 0 amide bonds. The summed E-state index contributed by atoms with van der Waals surface area (Å²) in [6, 6.07) is 7.65. The van der Waals surface area contributed by atoms with E-state index in [1.165, 1.54) is 7.11 Å². The van der Waals surface area contributed by atoms with Gasteiger partial charge in [0.25, 0.3) is 0 Å². The monoisotopic (exact) mass is 265 g/mol. The van der Waals surface area contributed by atoms with Gasteiger partial charge in [0.05, 0.1) is 12.7 Å². The van der Waals surface area contributed by atoms with Gasteiger partial charge in [-0.15, -0.1) is 0 Å². The maximum Gasteiger partial charge on any atom is 0.336 e. The van der Waals surface area contributed by atoms with Crippen molar-refractivity contribution in [1.82, 2.24) is 5.32 Å². The number of benzene rings is 1. The number of allylic oxidation sites excluding steroid dienone is 1. The van der Waals surface area contributed by atoms with Crippen LogP contribution in [0.2, 0.25) is 5.02 Å². The van der Waals surface area contributed by atoms with Crippen LogP contribution in [-0.2, 0) is 9.53 Å². The highest BCUT2D eigenvalue weighted by atomic mass is 35.5. The van der Waals surface area contributed by atoms with Gasteiger partial charge in [0.2, 0.25) is 0 Å². The Labute approximate surface area is 112 Å². The molecule has 1 aromatic carbocycles. The molecule has 0 saturated carbocycles. The fourth-order valence-corrected chi connectivity index (χ4v) is 2.65. The zero-order chi connectivity index (χ0) is 13.1. The SMILES string of the molecule is COC(=O)C1=C(C)NCCC1c1ccccc1Cl. The Morgan fingerprint density at radius 3 is 2.83 bits per heavy atom. The highest BCUT2D eigenvalue weighted by Gasteiger charge is 2.29. The predicted molar refractivity (Wildman–Crippen MR) is 71.5 cm³/mol. The summed E-state index contributed by atoms with van der Waals surface area (Å²) in [6.45, 7) is 2.73. The summed E-state index contributed by atoms with van der Waals surface area (Å²) in [4.78, 5) is 11.9. The van der Waals surface area contributed by atoms with Crippen molar-refractivity contribution >= 4 is 17.6 Å². The van der Waals surface area contributed by atoms with Gasteiger partial charge in [-0.1, -0.05) is 29.8 Å². The topological polar surface area (TPSA) is 38.3 Å². The summed E-state index contributed by atoms with van der Waals surface area (Å²) in [7, 11) is 1.40. The number of nitrogens with one attached hydrogen (secondary N) is 1. The molecule has 3 nitrogen and oxygen atoms in total. The van der Waals surface area contributed by atoms with E-state index >= 15 is 0 Å². The summed E-state index contributed by atoms with van der Waals surface area (Å²) in [5.41, 5.74) is 2.54. The maximum absolute atomic E-state index is 11.9. The van der Waals surface area contributed by atoms with Crippen molar-refractivity contribution in [3.63, 3.8) is 0 Å². The molecule has 18 heavy (non-hydrogen) atoms. The highest BCUT2D eigenvalue weighted by Crippen LogP contribution is 2.36. The number of carbonyl (C=O) groups excluding carboxylic acids is 1. The van der Waals surface area contributed by atoms with Gasteiger partial charge in [-0.2, -0.15) is 0 Å². The fourth-order valence-electron chi connectivity index (χ4n) is 2.38. The van der Waals surface area contributed by atoms with Crippen LogP contribution in [0.5, 0.6) is 0 Å². The van der Waals surface area contributed by atoms with Gasteiger partial charge in [0.15, 0.2) is 0 Å². The van der Waals surface area contributed by atoms with Crippen molar-refractivity contribution in [3.05, 3.63) is 46.1 Å². The number of ether oxygens (including phenoxy) is 1. The first kappa shape index (κ1) is 13.0. The van der Waals surface area contributed by atoms with Gasteiger partial charge in [-0.05, 0) is 25.0 Å². The lowest BCUT2D eigenvalue weighted by Crippen LogP contribution is -2.29. The van der Waals surface area contributed by atoms with Crippen LogP contribution in [0.15, 0.2) is 35.5 Å². The van der Waals surface area contributed by atoms with Crippen LogP contribution >= 0.6 is 11.6 Å². The molecule has 0 radical (unpaired) electrons. The molecule has 1 N–H and O–H groups in total. The maximum atomic E-state index is 11.9. The number of rotatable bonds is 2. The molecule has 1 atom stereocenters. The zero-order valence-electron chi connectivity index (χ0n) is 10.5. The minimum absolute atomic E-state index is 0.00685. The largest absolute Gasteiger partial charge is 0.466 e. The van der Waals surface area contributed by atoms with Gasteiger partial charge in [-0.3, -0.25) is 0 Å². The van der Waals surface area contributed by atoms with Gasteiger partial charge in [0, 0.05) is 23.2 Å². The molecule has 1 unspecified atom stereocenters. The molecule has 0 spiro atoms. The third kappa shape index (κ3) is 2.36. The highest BCUT2D eigenvalue weighted by molar-refractivity contribution is 6.31.